The van der Waals surface area contributed by atoms with Crippen LogP contribution in [0.1, 0.15) is 44.3 Å². The highest BCUT2D eigenvalue weighted by Gasteiger charge is 2.23. The Morgan fingerprint density at radius 2 is 2.00 bits per heavy atom. The van der Waals surface area contributed by atoms with Gasteiger partial charge in [0.15, 0.2) is 5.82 Å². The average molecular weight is 335 g/mol. The van der Waals surface area contributed by atoms with Crippen molar-refractivity contribution in [3.05, 3.63) is 11.7 Å². The molecule has 2 fully saturated rings. The molecule has 0 saturated carbocycles. The van der Waals surface area contributed by atoms with Gasteiger partial charge in [-0.15, -0.1) is 0 Å². The summed E-state index contributed by atoms with van der Waals surface area (Å²) in [6.07, 6.45) is 4.95. The Labute approximate surface area is 143 Å². The van der Waals surface area contributed by atoms with E-state index < -0.39 is 0 Å². The zero-order valence-corrected chi connectivity index (χ0v) is 14.7. The molecule has 0 aliphatic carbocycles. The van der Waals surface area contributed by atoms with E-state index in [1.165, 1.54) is 12.8 Å². The second kappa shape index (κ2) is 8.58. The summed E-state index contributed by atoms with van der Waals surface area (Å²) in [5, 5.41) is 7.38. The fourth-order valence-electron chi connectivity index (χ4n) is 3.51. The number of carbonyl (C=O) groups excluding carboxylic acids is 1. The molecule has 7 heteroatoms. The van der Waals surface area contributed by atoms with E-state index in [0.717, 1.165) is 63.9 Å². The van der Waals surface area contributed by atoms with E-state index in [1.54, 1.807) is 0 Å². The number of aryl methyl sites for hydroxylation is 1. The lowest BCUT2D eigenvalue weighted by molar-refractivity contribution is -0.133. The number of amides is 1. The molecule has 1 N–H and O–H groups in total. The Morgan fingerprint density at radius 3 is 2.67 bits per heavy atom. The van der Waals surface area contributed by atoms with Gasteiger partial charge in [0.2, 0.25) is 11.8 Å². The molecule has 1 amide bonds. The maximum Gasteiger partial charge on any atom is 0.226 e. The molecule has 7 nitrogen and oxygen atoms in total. The van der Waals surface area contributed by atoms with E-state index in [-0.39, 0.29) is 0 Å². The number of rotatable bonds is 6. The summed E-state index contributed by atoms with van der Waals surface area (Å²) in [6, 6.07) is 0. The lowest BCUT2D eigenvalue weighted by atomic mass is 9.93. The zero-order valence-electron chi connectivity index (χ0n) is 14.7. The normalized spacial score (nSPS) is 20.5. The van der Waals surface area contributed by atoms with Crippen molar-refractivity contribution in [2.75, 3.05) is 39.3 Å². The summed E-state index contributed by atoms with van der Waals surface area (Å²) in [5.41, 5.74) is 0. The molecule has 2 aliphatic heterocycles. The molecule has 134 valence electrons. The molecule has 0 unspecified atom stereocenters. The monoisotopic (exact) mass is 335 g/mol. The molecule has 0 radical (unpaired) electrons. The van der Waals surface area contributed by atoms with Crippen LogP contribution in [-0.2, 0) is 17.8 Å². The van der Waals surface area contributed by atoms with Gasteiger partial charge < -0.3 is 14.7 Å². The fraction of sp³-hybridized carbons (Fsp3) is 0.824. The highest BCUT2D eigenvalue weighted by atomic mass is 16.5. The molecule has 0 aromatic carbocycles. The van der Waals surface area contributed by atoms with Gasteiger partial charge in [-0.3, -0.25) is 9.69 Å². The van der Waals surface area contributed by atoms with E-state index in [1.807, 2.05) is 11.8 Å². The average Bonchev–Trinajstić information content (AvgIpc) is 3.09. The summed E-state index contributed by atoms with van der Waals surface area (Å²) in [6.45, 7) is 8.31. The van der Waals surface area contributed by atoms with Crippen molar-refractivity contribution in [1.82, 2.24) is 25.3 Å². The first kappa shape index (κ1) is 17.4. The molecule has 24 heavy (non-hydrogen) atoms. The van der Waals surface area contributed by atoms with Gasteiger partial charge in [0.1, 0.15) is 0 Å². The topological polar surface area (TPSA) is 74.5 Å². The third kappa shape index (κ3) is 4.77. The Bertz CT molecular complexity index is 519. The van der Waals surface area contributed by atoms with E-state index in [4.69, 9.17) is 4.52 Å². The summed E-state index contributed by atoms with van der Waals surface area (Å²) in [7, 11) is 0. The Morgan fingerprint density at radius 1 is 1.25 bits per heavy atom. The van der Waals surface area contributed by atoms with Crippen molar-refractivity contribution >= 4 is 5.91 Å². The highest BCUT2D eigenvalue weighted by molar-refractivity contribution is 5.76. The van der Waals surface area contributed by atoms with Crippen LogP contribution >= 0.6 is 0 Å². The van der Waals surface area contributed by atoms with Crippen LogP contribution in [0, 0.1) is 5.92 Å². The minimum absolute atomic E-state index is 0.320. The number of hydrogen-bond acceptors (Lipinski definition) is 6. The molecule has 0 bridgehead atoms. The van der Waals surface area contributed by atoms with Gasteiger partial charge in [0.25, 0.3) is 0 Å². The predicted octanol–water partition coefficient (Wildman–Crippen LogP) is 1.06. The van der Waals surface area contributed by atoms with Gasteiger partial charge in [-0.2, -0.15) is 4.98 Å². The number of piperazine rings is 1. The number of hydrogen-bond donors (Lipinski definition) is 1. The standard InChI is InChI=1S/C17H29N5O2/c1-2-16-19-15(20-24-16)13-21-9-11-22(12-10-21)17(23)4-3-14-5-7-18-8-6-14/h14,18H,2-13H2,1H3. The lowest BCUT2D eigenvalue weighted by Crippen LogP contribution is -2.48. The van der Waals surface area contributed by atoms with Gasteiger partial charge in [-0.25, -0.2) is 0 Å². The second-order valence-electron chi connectivity index (χ2n) is 6.85. The van der Waals surface area contributed by atoms with Gasteiger partial charge in [0, 0.05) is 39.0 Å². The van der Waals surface area contributed by atoms with Crippen molar-refractivity contribution in [2.24, 2.45) is 5.92 Å². The molecule has 2 aliphatic rings. The van der Waals surface area contributed by atoms with Crippen molar-refractivity contribution in [3.8, 4) is 0 Å². The van der Waals surface area contributed by atoms with Crippen LogP contribution in [0.15, 0.2) is 4.52 Å². The summed E-state index contributed by atoms with van der Waals surface area (Å²) in [4.78, 5) is 21.1. The fourth-order valence-corrected chi connectivity index (χ4v) is 3.51. The lowest BCUT2D eigenvalue weighted by Gasteiger charge is -2.34. The quantitative estimate of drug-likeness (QED) is 0.838. The highest BCUT2D eigenvalue weighted by Crippen LogP contribution is 2.19. The van der Waals surface area contributed by atoms with Crippen LogP contribution in [0.25, 0.3) is 0 Å². The Hall–Kier alpha value is -1.47. The molecule has 1 aromatic heterocycles. The van der Waals surface area contributed by atoms with Gasteiger partial charge in [0.05, 0.1) is 6.54 Å². The van der Waals surface area contributed by atoms with Crippen LogP contribution in [0.3, 0.4) is 0 Å². The summed E-state index contributed by atoms with van der Waals surface area (Å²) < 4.78 is 5.15. The molecular weight excluding hydrogens is 306 g/mol. The largest absolute Gasteiger partial charge is 0.340 e. The third-order valence-corrected chi connectivity index (χ3v) is 5.13. The molecule has 3 rings (SSSR count). The SMILES string of the molecule is CCc1nc(CN2CCN(C(=O)CCC3CCNCC3)CC2)no1. The molecular formula is C17H29N5O2. The van der Waals surface area contributed by atoms with Crippen LogP contribution in [0.5, 0.6) is 0 Å². The summed E-state index contributed by atoms with van der Waals surface area (Å²) in [5.74, 6) is 2.48. The Kier molecular flexibility index (Phi) is 6.20. The van der Waals surface area contributed by atoms with Gasteiger partial charge in [-0.05, 0) is 38.3 Å². The number of nitrogens with one attached hydrogen (secondary N) is 1. The van der Waals surface area contributed by atoms with Crippen molar-refractivity contribution < 1.29 is 9.32 Å². The molecule has 0 atom stereocenters. The predicted molar refractivity (Wildman–Crippen MR) is 90.4 cm³/mol. The number of carbonyl (C=O) groups is 1. The Balaban J connectivity index is 1.37. The zero-order chi connectivity index (χ0) is 16.8. The number of aromatic nitrogens is 2. The van der Waals surface area contributed by atoms with Crippen molar-refractivity contribution in [2.45, 2.75) is 45.6 Å². The summed E-state index contributed by atoms with van der Waals surface area (Å²) >= 11 is 0. The minimum atomic E-state index is 0.320. The maximum absolute atomic E-state index is 12.4. The first-order valence-corrected chi connectivity index (χ1v) is 9.27. The minimum Gasteiger partial charge on any atom is -0.340 e. The molecule has 0 spiro atoms. The van der Waals surface area contributed by atoms with Crippen molar-refractivity contribution in [1.29, 1.82) is 0 Å². The van der Waals surface area contributed by atoms with Crippen molar-refractivity contribution in [3.63, 3.8) is 0 Å². The smallest absolute Gasteiger partial charge is 0.226 e. The van der Waals surface area contributed by atoms with Crippen LogP contribution in [-0.4, -0.2) is 65.1 Å². The van der Waals surface area contributed by atoms with Crippen LogP contribution < -0.4 is 5.32 Å². The maximum atomic E-state index is 12.4. The van der Waals surface area contributed by atoms with E-state index in [2.05, 4.69) is 20.4 Å². The van der Waals surface area contributed by atoms with Gasteiger partial charge in [-0.1, -0.05) is 12.1 Å². The molecule has 3 heterocycles. The third-order valence-electron chi connectivity index (χ3n) is 5.13. The van der Waals surface area contributed by atoms with Gasteiger partial charge >= 0.3 is 0 Å². The number of nitrogens with zero attached hydrogens (tertiary/aromatic N) is 4. The van der Waals surface area contributed by atoms with Crippen LogP contribution in [0.2, 0.25) is 0 Å². The second-order valence-corrected chi connectivity index (χ2v) is 6.85. The molecule has 1 aromatic rings. The van der Waals surface area contributed by atoms with Crippen LogP contribution in [0.4, 0.5) is 0 Å². The number of piperidine rings is 1. The van der Waals surface area contributed by atoms with E-state index >= 15 is 0 Å². The first-order chi connectivity index (χ1) is 11.7. The van der Waals surface area contributed by atoms with E-state index in [9.17, 15) is 4.79 Å². The van der Waals surface area contributed by atoms with E-state index in [0.29, 0.717) is 24.8 Å². The first-order valence-electron chi connectivity index (χ1n) is 9.27. The molecule has 2 saturated heterocycles.